The monoisotopic (exact) mass is 448 g/mol. The van der Waals surface area contributed by atoms with Crippen LogP contribution in [-0.2, 0) is 42.9 Å². The number of esters is 4. The van der Waals surface area contributed by atoms with Gasteiger partial charge in [0.2, 0.25) is 0 Å². The number of epoxide rings is 1. The Bertz CT molecular complexity index is 914. The Labute approximate surface area is 186 Å². The molecule has 1 aliphatic carbocycles. The van der Waals surface area contributed by atoms with Gasteiger partial charge in [-0.25, -0.2) is 14.4 Å². The van der Waals surface area contributed by atoms with E-state index in [2.05, 4.69) is 6.58 Å². The first-order chi connectivity index (χ1) is 15.0. The van der Waals surface area contributed by atoms with Crippen molar-refractivity contribution < 1.29 is 42.9 Å². The second-order valence-electron chi connectivity index (χ2n) is 8.39. The fourth-order valence-corrected chi connectivity index (χ4v) is 3.98. The minimum atomic E-state index is -1.36. The van der Waals surface area contributed by atoms with Crippen LogP contribution < -0.4 is 0 Å². The van der Waals surface area contributed by atoms with E-state index in [9.17, 15) is 19.2 Å². The average Bonchev–Trinajstić information content (AvgIpc) is 3.25. The van der Waals surface area contributed by atoms with Crippen LogP contribution in [0.25, 0.3) is 0 Å². The molecule has 32 heavy (non-hydrogen) atoms. The third kappa shape index (κ3) is 4.48. The van der Waals surface area contributed by atoms with Crippen molar-refractivity contribution >= 4 is 23.9 Å². The van der Waals surface area contributed by atoms with E-state index < -0.39 is 53.7 Å². The average molecular weight is 448 g/mol. The highest BCUT2D eigenvalue weighted by Crippen LogP contribution is 2.41. The third-order valence-electron chi connectivity index (χ3n) is 6.07. The molecule has 0 saturated carbocycles. The van der Waals surface area contributed by atoms with Crippen molar-refractivity contribution in [1.29, 1.82) is 0 Å². The molecule has 0 N–H and O–H groups in total. The van der Waals surface area contributed by atoms with E-state index in [1.807, 2.05) is 6.92 Å². The van der Waals surface area contributed by atoms with Crippen molar-refractivity contribution in [2.24, 2.45) is 5.92 Å². The van der Waals surface area contributed by atoms with Gasteiger partial charge in [-0.2, -0.15) is 0 Å². The Morgan fingerprint density at radius 1 is 1.25 bits per heavy atom. The van der Waals surface area contributed by atoms with Crippen LogP contribution in [0.15, 0.2) is 35.5 Å². The number of hydrogen-bond donors (Lipinski definition) is 0. The van der Waals surface area contributed by atoms with Crippen LogP contribution >= 0.6 is 0 Å². The Balaban J connectivity index is 2.13. The highest BCUT2D eigenvalue weighted by molar-refractivity contribution is 5.93. The molecule has 2 saturated heterocycles. The molecule has 0 aromatic heterocycles. The van der Waals surface area contributed by atoms with E-state index in [0.717, 1.165) is 5.57 Å². The minimum absolute atomic E-state index is 0.00426. The van der Waals surface area contributed by atoms with E-state index in [1.54, 1.807) is 26.0 Å². The summed E-state index contributed by atoms with van der Waals surface area (Å²) in [6, 6.07) is 0. The molecule has 2 heterocycles. The number of ether oxygens (including phenoxy) is 5. The molecule has 3 rings (SSSR count). The van der Waals surface area contributed by atoms with Gasteiger partial charge in [-0.3, -0.25) is 4.79 Å². The van der Waals surface area contributed by atoms with Gasteiger partial charge < -0.3 is 23.7 Å². The summed E-state index contributed by atoms with van der Waals surface area (Å²) in [5.74, 6) is -3.69. The fraction of sp³-hybridized carbons (Fsp3) is 0.565. The summed E-state index contributed by atoms with van der Waals surface area (Å²) >= 11 is 0. The molecular weight excluding hydrogens is 420 g/mol. The van der Waals surface area contributed by atoms with Gasteiger partial charge in [0.15, 0.2) is 17.8 Å². The molecule has 9 heteroatoms. The molecule has 0 aromatic carbocycles. The van der Waals surface area contributed by atoms with Crippen molar-refractivity contribution in [3.8, 4) is 0 Å². The summed E-state index contributed by atoms with van der Waals surface area (Å²) in [7, 11) is 1.20. The number of allylic oxidation sites excluding steroid dienone is 2. The molecule has 6 atom stereocenters. The number of hydrogen-bond acceptors (Lipinski definition) is 9. The standard InChI is InChI=1S/C23H28O9/c1-11-8-7-9-15(21(26)28-6)18(31-22(27)23(5)13(3)32-23)19(29-14(4)24)17-12(2)20(25)30-16(17)10-11/h9-10,13,16-19H,2,7-8H2,1,3-6H3/b11-10-,15-9+/t13-,16+,17-,18-,19-,23-/m0/s1. The van der Waals surface area contributed by atoms with Gasteiger partial charge in [0.1, 0.15) is 6.10 Å². The molecule has 0 bridgehead atoms. The third-order valence-corrected chi connectivity index (χ3v) is 6.07. The van der Waals surface area contributed by atoms with Gasteiger partial charge in [0, 0.05) is 12.5 Å². The quantitative estimate of drug-likeness (QED) is 0.209. The van der Waals surface area contributed by atoms with Crippen LogP contribution in [0.1, 0.15) is 40.5 Å². The molecule has 0 unspecified atom stereocenters. The van der Waals surface area contributed by atoms with Crippen LogP contribution in [-0.4, -0.2) is 61.0 Å². The van der Waals surface area contributed by atoms with Crippen molar-refractivity contribution in [3.05, 3.63) is 35.5 Å². The summed E-state index contributed by atoms with van der Waals surface area (Å²) in [5.41, 5.74) is -0.220. The van der Waals surface area contributed by atoms with Crippen LogP contribution in [0.2, 0.25) is 0 Å². The van der Waals surface area contributed by atoms with Crippen LogP contribution in [0.3, 0.4) is 0 Å². The molecule has 174 valence electrons. The molecular formula is C23H28O9. The first kappa shape index (κ1) is 23.7. The zero-order valence-electron chi connectivity index (χ0n) is 18.8. The number of rotatable bonds is 4. The van der Waals surface area contributed by atoms with Crippen LogP contribution in [0.5, 0.6) is 0 Å². The number of methoxy groups -OCH3 is 1. The Morgan fingerprint density at radius 3 is 2.47 bits per heavy atom. The highest BCUT2D eigenvalue weighted by Gasteiger charge is 2.59. The second-order valence-corrected chi connectivity index (χ2v) is 8.39. The molecule has 3 aliphatic rings. The maximum Gasteiger partial charge on any atom is 0.341 e. The summed E-state index contributed by atoms with van der Waals surface area (Å²) < 4.78 is 27.1. The highest BCUT2D eigenvalue weighted by atomic mass is 16.7. The SMILES string of the molecule is C=C1C(=O)O[C@@H]2/C=C(/C)CC/C=C(/C(=O)OC)[C@H](OC(=O)[C@@]3(C)O[C@H]3C)[C@@H](OC(C)=O)[C@@H]12. The second kappa shape index (κ2) is 8.90. The van der Waals surface area contributed by atoms with Gasteiger partial charge in [-0.05, 0) is 39.7 Å². The summed E-state index contributed by atoms with van der Waals surface area (Å²) in [4.78, 5) is 50.1. The number of fused-ring (bicyclic) bond motifs is 1. The van der Waals surface area contributed by atoms with E-state index >= 15 is 0 Å². The lowest BCUT2D eigenvalue weighted by atomic mass is 9.83. The van der Waals surface area contributed by atoms with Crippen LogP contribution in [0, 0.1) is 5.92 Å². The minimum Gasteiger partial charge on any atom is -0.466 e. The number of carbonyl (C=O) groups is 4. The lowest BCUT2D eigenvalue weighted by Gasteiger charge is -2.33. The molecule has 0 radical (unpaired) electrons. The summed E-state index contributed by atoms with van der Waals surface area (Å²) in [6.45, 7) is 10.1. The molecule has 2 fully saturated rings. The van der Waals surface area contributed by atoms with Crippen molar-refractivity contribution in [2.75, 3.05) is 7.11 Å². The van der Waals surface area contributed by atoms with Gasteiger partial charge in [0.05, 0.1) is 24.7 Å². The van der Waals surface area contributed by atoms with Crippen LogP contribution in [0.4, 0.5) is 0 Å². The lowest BCUT2D eigenvalue weighted by Crippen LogP contribution is -2.47. The van der Waals surface area contributed by atoms with E-state index in [4.69, 9.17) is 23.7 Å². The molecule has 0 amide bonds. The first-order valence-corrected chi connectivity index (χ1v) is 10.4. The summed E-state index contributed by atoms with van der Waals surface area (Å²) in [5, 5.41) is 0. The zero-order valence-corrected chi connectivity index (χ0v) is 18.8. The Kier molecular flexibility index (Phi) is 6.59. The zero-order chi connectivity index (χ0) is 23.8. The maximum absolute atomic E-state index is 12.9. The summed E-state index contributed by atoms with van der Waals surface area (Å²) in [6.07, 6.45) is 0.539. The Hall–Kier alpha value is -2.94. The smallest absolute Gasteiger partial charge is 0.341 e. The lowest BCUT2D eigenvalue weighted by molar-refractivity contribution is -0.173. The maximum atomic E-state index is 12.9. The van der Waals surface area contributed by atoms with Crippen molar-refractivity contribution in [1.82, 2.24) is 0 Å². The normalized spacial score (nSPS) is 37.6. The van der Waals surface area contributed by atoms with Crippen molar-refractivity contribution in [3.63, 3.8) is 0 Å². The van der Waals surface area contributed by atoms with E-state index in [0.29, 0.717) is 12.8 Å². The Morgan fingerprint density at radius 2 is 1.91 bits per heavy atom. The number of carbonyl (C=O) groups excluding carboxylic acids is 4. The van der Waals surface area contributed by atoms with Gasteiger partial charge in [-0.1, -0.05) is 18.2 Å². The fourth-order valence-electron chi connectivity index (χ4n) is 3.98. The topological polar surface area (TPSA) is 118 Å². The molecule has 2 aliphatic heterocycles. The van der Waals surface area contributed by atoms with Gasteiger partial charge >= 0.3 is 23.9 Å². The largest absolute Gasteiger partial charge is 0.466 e. The van der Waals surface area contributed by atoms with Gasteiger partial charge in [-0.15, -0.1) is 0 Å². The molecule has 0 aromatic rings. The van der Waals surface area contributed by atoms with Gasteiger partial charge in [0.25, 0.3) is 0 Å². The predicted molar refractivity (Wildman–Crippen MR) is 110 cm³/mol. The predicted octanol–water partition coefficient (Wildman–Crippen LogP) is 1.94. The van der Waals surface area contributed by atoms with E-state index in [-0.39, 0.29) is 17.3 Å². The molecule has 9 nitrogen and oxygen atoms in total. The van der Waals surface area contributed by atoms with Crippen molar-refractivity contribution in [2.45, 2.75) is 70.6 Å². The first-order valence-electron chi connectivity index (χ1n) is 10.4. The van der Waals surface area contributed by atoms with E-state index in [1.165, 1.54) is 14.0 Å². The molecule has 0 spiro atoms.